The maximum Gasteiger partial charge on any atom is 0.164 e. The molecule has 0 unspecified atom stereocenters. The highest BCUT2D eigenvalue weighted by Gasteiger charge is 2.15. The molecule has 0 spiro atoms. The van der Waals surface area contributed by atoms with E-state index < -0.39 is 0 Å². The second kappa shape index (κ2) is 14.8. The van der Waals surface area contributed by atoms with Gasteiger partial charge in [-0.2, -0.15) is 0 Å². The van der Waals surface area contributed by atoms with Crippen LogP contribution in [0.5, 0.6) is 0 Å². The van der Waals surface area contributed by atoms with E-state index in [-0.39, 0.29) is 0 Å². The molecule has 254 valence electrons. The summed E-state index contributed by atoms with van der Waals surface area (Å²) in [6, 6.07) is 74.1. The van der Waals surface area contributed by atoms with Crippen LogP contribution < -0.4 is 0 Å². The van der Waals surface area contributed by atoms with Crippen LogP contribution in [0.1, 0.15) is 0 Å². The fraction of sp³-hybridized carbons (Fsp3) is 0. The van der Waals surface area contributed by atoms with Gasteiger partial charge in [0.1, 0.15) is 0 Å². The van der Waals surface area contributed by atoms with Crippen LogP contribution in [0.15, 0.2) is 212 Å². The average molecular weight is 690 g/mol. The smallest absolute Gasteiger partial charge is 0.164 e. The quantitative estimate of drug-likeness (QED) is 0.159. The number of rotatable bonds is 8. The van der Waals surface area contributed by atoms with E-state index in [4.69, 9.17) is 15.0 Å². The minimum Gasteiger partial charge on any atom is -0.208 e. The first kappa shape index (κ1) is 32.7. The van der Waals surface area contributed by atoms with E-state index in [1.165, 1.54) is 33.4 Å². The van der Waals surface area contributed by atoms with Gasteiger partial charge in [0.25, 0.3) is 0 Å². The van der Waals surface area contributed by atoms with Crippen molar-refractivity contribution in [1.29, 1.82) is 0 Å². The summed E-state index contributed by atoms with van der Waals surface area (Å²) in [4.78, 5) is 15.3. The summed E-state index contributed by atoms with van der Waals surface area (Å²) in [6.45, 7) is 0. The minimum atomic E-state index is 0.625. The van der Waals surface area contributed by atoms with Crippen LogP contribution in [0, 0.1) is 0 Å². The minimum absolute atomic E-state index is 0.625. The molecule has 0 atom stereocenters. The van der Waals surface area contributed by atoms with Gasteiger partial charge in [-0.15, -0.1) is 0 Å². The predicted molar refractivity (Wildman–Crippen MR) is 223 cm³/mol. The molecule has 1 aromatic heterocycles. The SMILES string of the molecule is c1ccc(-c2ccc(-c3nc(-c4ccc(-c5ccccc5-c5ccccc5)cc4)nc(-c4cccc(-c5ccccc5-c5ccccc5)c4)n3)cc2)cc1. The van der Waals surface area contributed by atoms with Crippen LogP contribution in [0.2, 0.25) is 0 Å². The van der Waals surface area contributed by atoms with Gasteiger partial charge in [0, 0.05) is 16.7 Å². The Morgan fingerprint density at radius 3 is 0.926 bits per heavy atom. The molecule has 0 amide bonds. The van der Waals surface area contributed by atoms with Crippen LogP contribution in [0.4, 0.5) is 0 Å². The fourth-order valence-corrected chi connectivity index (χ4v) is 7.04. The Morgan fingerprint density at radius 1 is 0.185 bits per heavy atom. The summed E-state index contributed by atoms with van der Waals surface area (Å²) >= 11 is 0. The summed E-state index contributed by atoms with van der Waals surface area (Å²) in [5.41, 5.74) is 14.4. The molecule has 1 heterocycles. The lowest BCUT2D eigenvalue weighted by atomic mass is 9.93. The molecule has 9 rings (SSSR count). The zero-order chi connectivity index (χ0) is 36.1. The molecule has 0 saturated carbocycles. The van der Waals surface area contributed by atoms with Gasteiger partial charge in [-0.3, -0.25) is 0 Å². The Balaban J connectivity index is 1.13. The molecular formula is C51H35N3. The molecule has 0 bridgehead atoms. The normalized spacial score (nSPS) is 11.0. The van der Waals surface area contributed by atoms with Crippen LogP contribution in [0.3, 0.4) is 0 Å². The van der Waals surface area contributed by atoms with Crippen LogP contribution >= 0.6 is 0 Å². The monoisotopic (exact) mass is 689 g/mol. The van der Waals surface area contributed by atoms with Gasteiger partial charge < -0.3 is 0 Å². The number of nitrogens with zero attached hydrogens (tertiary/aromatic N) is 3. The Morgan fingerprint density at radius 2 is 0.463 bits per heavy atom. The van der Waals surface area contributed by atoms with E-state index >= 15 is 0 Å². The first-order valence-corrected chi connectivity index (χ1v) is 18.2. The molecular weight excluding hydrogens is 655 g/mol. The summed E-state index contributed by atoms with van der Waals surface area (Å²) in [5.74, 6) is 1.88. The van der Waals surface area contributed by atoms with Crippen molar-refractivity contribution in [2.45, 2.75) is 0 Å². The van der Waals surface area contributed by atoms with Crippen molar-refractivity contribution in [1.82, 2.24) is 15.0 Å². The molecule has 0 saturated heterocycles. The molecule has 3 nitrogen and oxygen atoms in total. The van der Waals surface area contributed by atoms with Gasteiger partial charge in [0.15, 0.2) is 17.5 Å². The Bertz CT molecular complexity index is 2670. The maximum atomic E-state index is 5.13. The zero-order valence-corrected chi connectivity index (χ0v) is 29.5. The molecule has 54 heavy (non-hydrogen) atoms. The summed E-state index contributed by atoms with van der Waals surface area (Å²) < 4.78 is 0. The number of aromatic nitrogens is 3. The fourth-order valence-electron chi connectivity index (χ4n) is 7.04. The summed E-state index contributed by atoms with van der Waals surface area (Å²) in [5, 5.41) is 0. The third-order valence-corrected chi connectivity index (χ3v) is 9.80. The lowest BCUT2D eigenvalue weighted by Crippen LogP contribution is -2.00. The van der Waals surface area contributed by atoms with Gasteiger partial charge in [0.2, 0.25) is 0 Å². The van der Waals surface area contributed by atoms with E-state index in [2.05, 4.69) is 206 Å². The van der Waals surface area contributed by atoms with E-state index in [0.717, 1.165) is 38.9 Å². The lowest BCUT2D eigenvalue weighted by Gasteiger charge is -2.13. The Labute approximate surface area is 316 Å². The molecule has 0 N–H and O–H groups in total. The number of hydrogen-bond acceptors (Lipinski definition) is 3. The van der Waals surface area contributed by atoms with Crippen LogP contribution in [-0.4, -0.2) is 15.0 Å². The third-order valence-electron chi connectivity index (χ3n) is 9.80. The molecule has 0 radical (unpaired) electrons. The predicted octanol–water partition coefficient (Wildman–Crippen LogP) is 13.2. The molecule has 9 aromatic rings. The van der Waals surface area contributed by atoms with E-state index in [0.29, 0.717) is 17.5 Å². The molecule has 0 aliphatic heterocycles. The molecule has 3 heteroatoms. The van der Waals surface area contributed by atoms with E-state index in [1.807, 2.05) is 6.07 Å². The van der Waals surface area contributed by atoms with Crippen molar-refractivity contribution in [3.8, 4) is 89.8 Å². The lowest BCUT2D eigenvalue weighted by molar-refractivity contribution is 1.07. The highest BCUT2D eigenvalue weighted by atomic mass is 15.0. The average Bonchev–Trinajstić information content (AvgIpc) is 3.27. The van der Waals surface area contributed by atoms with E-state index in [1.54, 1.807) is 0 Å². The number of hydrogen-bond donors (Lipinski definition) is 0. The highest BCUT2D eigenvalue weighted by Crippen LogP contribution is 2.36. The summed E-state index contributed by atoms with van der Waals surface area (Å²) in [6.07, 6.45) is 0. The maximum absolute atomic E-state index is 5.13. The van der Waals surface area contributed by atoms with Crippen molar-refractivity contribution in [2.75, 3.05) is 0 Å². The Hall–Kier alpha value is -7.23. The van der Waals surface area contributed by atoms with Crippen LogP contribution in [-0.2, 0) is 0 Å². The van der Waals surface area contributed by atoms with Crippen molar-refractivity contribution in [3.05, 3.63) is 212 Å². The topological polar surface area (TPSA) is 38.7 Å². The van der Waals surface area contributed by atoms with Crippen molar-refractivity contribution in [3.63, 3.8) is 0 Å². The second-order valence-electron chi connectivity index (χ2n) is 13.2. The van der Waals surface area contributed by atoms with Crippen molar-refractivity contribution >= 4 is 0 Å². The van der Waals surface area contributed by atoms with E-state index in [9.17, 15) is 0 Å². The first-order valence-electron chi connectivity index (χ1n) is 18.2. The summed E-state index contributed by atoms with van der Waals surface area (Å²) in [7, 11) is 0. The third kappa shape index (κ3) is 6.74. The second-order valence-corrected chi connectivity index (χ2v) is 13.2. The van der Waals surface area contributed by atoms with Crippen LogP contribution in [0.25, 0.3) is 89.8 Å². The van der Waals surface area contributed by atoms with Gasteiger partial charge in [-0.1, -0.05) is 206 Å². The number of benzene rings is 8. The standard InChI is InChI=1S/C51H35N3/c1-4-15-36(16-5-1)37-27-31-41(32-28-37)49-52-50(42-33-29-40(30-34-42)47-25-11-10-23-45(47)38-17-6-2-7-18-38)54-51(53-49)44-22-14-21-43(35-44)48-26-13-12-24-46(48)39-19-8-3-9-20-39/h1-35H. The van der Waals surface area contributed by atoms with Gasteiger partial charge in [-0.25, -0.2) is 15.0 Å². The molecule has 0 aliphatic carbocycles. The largest absolute Gasteiger partial charge is 0.208 e. The zero-order valence-electron chi connectivity index (χ0n) is 29.5. The van der Waals surface area contributed by atoms with Gasteiger partial charge in [-0.05, 0) is 61.7 Å². The molecule has 0 fully saturated rings. The van der Waals surface area contributed by atoms with Crippen molar-refractivity contribution < 1.29 is 0 Å². The molecule has 0 aliphatic rings. The molecule has 8 aromatic carbocycles. The van der Waals surface area contributed by atoms with Gasteiger partial charge in [0.05, 0.1) is 0 Å². The first-order chi connectivity index (χ1) is 26.8. The van der Waals surface area contributed by atoms with Crippen molar-refractivity contribution in [2.24, 2.45) is 0 Å². The Kier molecular flexibility index (Phi) is 8.94. The van der Waals surface area contributed by atoms with Gasteiger partial charge >= 0.3 is 0 Å². The highest BCUT2D eigenvalue weighted by molar-refractivity contribution is 5.86.